The van der Waals surface area contributed by atoms with Crippen LogP contribution in [-0.4, -0.2) is 50.0 Å². The Bertz CT molecular complexity index is 1310. The van der Waals surface area contributed by atoms with Gasteiger partial charge in [0.2, 0.25) is 21.8 Å². The van der Waals surface area contributed by atoms with Crippen molar-refractivity contribution in [2.75, 3.05) is 17.1 Å². The largest absolute Gasteiger partial charge is 0.352 e. The molecule has 8 heteroatoms. The predicted octanol–water partition coefficient (Wildman–Crippen LogP) is 4.32. The Morgan fingerprint density at radius 1 is 0.895 bits per heavy atom. The molecule has 1 N–H and O–H groups in total. The van der Waals surface area contributed by atoms with Crippen molar-refractivity contribution in [3.8, 4) is 0 Å². The van der Waals surface area contributed by atoms with Crippen molar-refractivity contribution in [1.82, 2.24) is 10.2 Å². The van der Waals surface area contributed by atoms with Gasteiger partial charge in [-0.25, -0.2) is 8.42 Å². The van der Waals surface area contributed by atoms with Crippen LogP contribution in [0.5, 0.6) is 0 Å². The Labute approximate surface area is 226 Å². The van der Waals surface area contributed by atoms with Crippen molar-refractivity contribution >= 4 is 27.5 Å². The zero-order valence-electron chi connectivity index (χ0n) is 22.5. The second-order valence-electron chi connectivity index (χ2n) is 9.64. The minimum atomic E-state index is -3.77. The molecule has 0 aliphatic heterocycles. The molecule has 0 fully saturated rings. The lowest BCUT2D eigenvalue weighted by Crippen LogP contribution is -2.54. The van der Waals surface area contributed by atoms with Crippen LogP contribution in [0, 0.1) is 6.92 Å². The lowest BCUT2D eigenvalue weighted by atomic mass is 10.0. The van der Waals surface area contributed by atoms with Crippen LogP contribution in [0.1, 0.15) is 37.0 Å². The van der Waals surface area contributed by atoms with E-state index < -0.39 is 28.5 Å². The second kappa shape index (κ2) is 13.2. The Kier molecular flexibility index (Phi) is 10.1. The highest BCUT2D eigenvalue weighted by Gasteiger charge is 2.33. The minimum absolute atomic E-state index is 0.0754. The van der Waals surface area contributed by atoms with Crippen LogP contribution in [0.15, 0.2) is 84.9 Å². The highest BCUT2D eigenvalue weighted by molar-refractivity contribution is 7.92. The van der Waals surface area contributed by atoms with E-state index in [1.165, 1.54) is 4.90 Å². The number of nitrogens with zero attached hydrogens (tertiary/aromatic N) is 2. The number of carbonyl (C=O) groups excluding carboxylic acids is 2. The van der Waals surface area contributed by atoms with E-state index >= 15 is 0 Å². The van der Waals surface area contributed by atoms with Crippen LogP contribution in [0.2, 0.25) is 0 Å². The van der Waals surface area contributed by atoms with Gasteiger partial charge in [0.05, 0.1) is 11.9 Å². The predicted molar refractivity (Wildman–Crippen MR) is 152 cm³/mol. The summed E-state index contributed by atoms with van der Waals surface area (Å²) in [5, 5.41) is 3.03. The van der Waals surface area contributed by atoms with Crippen LogP contribution in [0.4, 0.5) is 5.69 Å². The van der Waals surface area contributed by atoms with Gasteiger partial charge in [0.15, 0.2) is 0 Å². The van der Waals surface area contributed by atoms with Gasteiger partial charge >= 0.3 is 0 Å². The quantitative estimate of drug-likeness (QED) is 0.374. The van der Waals surface area contributed by atoms with Crippen molar-refractivity contribution < 1.29 is 18.0 Å². The molecule has 0 saturated carbocycles. The van der Waals surface area contributed by atoms with Crippen molar-refractivity contribution in [2.45, 2.75) is 52.2 Å². The van der Waals surface area contributed by atoms with Crippen molar-refractivity contribution in [3.05, 3.63) is 102 Å². The highest BCUT2D eigenvalue weighted by atomic mass is 32.2. The number of hydrogen-bond acceptors (Lipinski definition) is 4. The number of anilines is 1. The number of para-hydroxylation sites is 1. The average molecular weight is 536 g/mol. The highest BCUT2D eigenvalue weighted by Crippen LogP contribution is 2.20. The van der Waals surface area contributed by atoms with Crippen LogP contribution in [0.3, 0.4) is 0 Å². The molecule has 3 aromatic rings. The number of rotatable bonds is 12. The molecule has 2 amide bonds. The third-order valence-electron chi connectivity index (χ3n) is 6.43. The first-order valence-corrected chi connectivity index (χ1v) is 14.7. The molecule has 0 aromatic heterocycles. The van der Waals surface area contributed by atoms with Crippen LogP contribution in [-0.2, 0) is 32.6 Å². The average Bonchev–Trinajstić information content (AvgIpc) is 2.89. The maximum atomic E-state index is 14.0. The van der Waals surface area contributed by atoms with Gasteiger partial charge in [0.25, 0.3) is 0 Å². The van der Waals surface area contributed by atoms with Gasteiger partial charge in [-0.15, -0.1) is 0 Å². The first kappa shape index (κ1) is 28.9. The van der Waals surface area contributed by atoms with Crippen LogP contribution in [0.25, 0.3) is 0 Å². The normalized spacial score (nSPS) is 12.8. The topological polar surface area (TPSA) is 86.8 Å². The van der Waals surface area contributed by atoms with Gasteiger partial charge in [-0.3, -0.25) is 13.9 Å². The zero-order chi connectivity index (χ0) is 27.7. The fraction of sp³-hybridized carbons (Fsp3) is 0.333. The second-order valence-corrected chi connectivity index (χ2v) is 11.5. The van der Waals surface area contributed by atoms with E-state index in [2.05, 4.69) is 5.32 Å². The molecular formula is C30H37N3O4S. The number of benzene rings is 3. The first-order valence-electron chi connectivity index (χ1n) is 12.8. The lowest BCUT2D eigenvalue weighted by molar-refractivity contribution is -0.140. The van der Waals surface area contributed by atoms with E-state index in [1.54, 1.807) is 30.3 Å². The number of hydrogen-bond donors (Lipinski definition) is 1. The van der Waals surface area contributed by atoms with E-state index in [0.717, 1.165) is 33.7 Å². The molecule has 0 unspecified atom stereocenters. The Balaban J connectivity index is 2.04. The van der Waals surface area contributed by atoms with E-state index in [4.69, 9.17) is 0 Å². The number of aryl methyl sites for hydroxylation is 1. The Morgan fingerprint density at radius 3 is 2.08 bits per heavy atom. The molecule has 0 saturated heterocycles. The third-order valence-corrected chi connectivity index (χ3v) is 7.57. The summed E-state index contributed by atoms with van der Waals surface area (Å²) < 4.78 is 26.6. The van der Waals surface area contributed by atoms with E-state index in [1.807, 2.05) is 75.4 Å². The Morgan fingerprint density at radius 2 is 1.50 bits per heavy atom. The molecule has 202 valence electrons. The van der Waals surface area contributed by atoms with E-state index in [0.29, 0.717) is 12.1 Å². The van der Waals surface area contributed by atoms with Crippen LogP contribution < -0.4 is 9.62 Å². The maximum Gasteiger partial charge on any atom is 0.244 e. The summed E-state index contributed by atoms with van der Waals surface area (Å²) in [7, 11) is -3.77. The van der Waals surface area contributed by atoms with Gasteiger partial charge in [0, 0.05) is 19.0 Å². The number of carbonyl (C=O) groups is 2. The van der Waals surface area contributed by atoms with Crippen LogP contribution >= 0.6 is 0 Å². The van der Waals surface area contributed by atoms with Crippen molar-refractivity contribution in [2.24, 2.45) is 0 Å². The lowest BCUT2D eigenvalue weighted by Gasteiger charge is -2.34. The molecule has 3 aromatic carbocycles. The minimum Gasteiger partial charge on any atom is -0.352 e. The molecule has 0 aliphatic rings. The standard InChI is InChI=1S/C30H37N3O4S/c1-5-24(3)31-30(35)28(20-25-14-8-6-9-15-25)32(21-26-16-12-13-23(2)19-26)29(34)22-33(38(4,36)37)27-17-10-7-11-18-27/h6-19,24,28H,5,20-22H2,1-4H3,(H,31,35)/t24-,28-/m1/s1. The maximum absolute atomic E-state index is 14.0. The molecule has 38 heavy (non-hydrogen) atoms. The third kappa shape index (κ3) is 8.18. The SMILES string of the molecule is CC[C@@H](C)NC(=O)[C@@H](Cc1ccccc1)N(Cc1cccc(C)c1)C(=O)CN(c1ccccc1)S(C)(=O)=O. The summed E-state index contributed by atoms with van der Waals surface area (Å²) in [4.78, 5) is 29.1. The molecular weight excluding hydrogens is 498 g/mol. The molecule has 0 heterocycles. The zero-order valence-corrected chi connectivity index (χ0v) is 23.3. The molecule has 0 spiro atoms. The molecule has 0 aliphatic carbocycles. The van der Waals surface area contributed by atoms with Gasteiger partial charge < -0.3 is 10.2 Å². The fourth-order valence-corrected chi connectivity index (χ4v) is 5.06. The van der Waals surface area contributed by atoms with Crippen molar-refractivity contribution in [3.63, 3.8) is 0 Å². The van der Waals surface area contributed by atoms with Crippen molar-refractivity contribution in [1.29, 1.82) is 0 Å². The molecule has 0 radical (unpaired) electrons. The number of nitrogens with one attached hydrogen (secondary N) is 1. The summed E-state index contributed by atoms with van der Waals surface area (Å²) in [6, 6.07) is 24.9. The summed E-state index contributed by atoms with van der Waals surface area (Å²) in [5.41, 5.74) is 3.18. The summed E-state index contributed by atoms with van der Waals surface area (Å²) in [6.07, 6.45) is 2.12. The molecule has 0 bridgehead atoms. The van der Waals surface area contributed by atoms with Gasteiger partial charge in [-0.1, -0.05) is 85.3 Å². The first-order chi connectivity index (χ1) is 18.1. The number of amides is 2. The monoisotopic (exact) mass is 535 g/mol. The smallest absolute Gasteiger partial charge is 0.244 e. The van der Waals surface area contributed by atoms with Gasteiger partial charge in [0.1, 0.15) is 12.6 Å². The van der Waals surface area contributed by atoms with Gasteiger partial charge in [-0.2, -0.15) is 0 Å². The molecule has 2 atom stereocenters. The summed E-state index contributed by atoms with van der Waals surface area (Å²) in [6.45, 7) is 5.62. The summed E-state index contributed by atoms with van der Waals surface area (Å²) in [5.74, 6) is -0.726. The van der Waals surface area contributed by atoms with E-state index in [9.17, 15) is 18.0 Å². The Hall–Kier alpha value is -3.65. The fourth-order valence-electron chi connectivity index (χ4n) is 4.21. The molecule has 7 nitrogen and oxygen atoms in total. The van der Waals surface area contributed by atoms with Gasteiger partial charge in [-0.05, 0) is 43.5 Å². The number of sulfonamides is 1. The molecule has 3 rings (SSSR count). The summed E-state index contributed by atoms with van der Waals surface area (Å²) >= 11 is 0. The van der Waals surface area contributed by atoms with E-state index in [-0.39, 0.29) is 18.5 Å².